The summed E-state index contributed by atoms with van der Waals surface area (Å²) in [6.45, 7) is 6.79. The van der Waals surface area contributed by atoms with E-state index in [4.69, 9.17) is 4.74 Å². The lowest BCUT2D eigenvalue weighted by atomic mass is 9.75. The molecule has 1 saturated carbocycles. The number of rotatable bonds is 5. The summed E-state index contributed by atoms with van der Waals surface area (Å²) in [4.78, 5) is 22.7. The lowest BCUT2D eigenvalue weighted by Crippen LogP contribution is -2.39. The Kier molecular flexibility index (Phi) is 6.82. The molecule has 0 aromatic rings. The Morgan fingerprint density at radius 1 is 1.30 bits per heavy atom. The molecule has 116 valence electrons. The van der Waals surface area contributed by atoms with E-state index in [0.717, 1.165) is 12.8 Å². The first-order chi connectivity index (χ1) is 9.43. The van der Waals surface area contributed by atoms with Crippen LogP contribution in [-0.2, 0) is 14.3 Å². The summed E-state index contributed by atoms with van der Waals surface area (Å²) in [5.41, 5.74) is 0. The van der Waals surface area contributed by atoms with Crippen molar-refractivity contribution in [2.75, 3.05) is 13.7 Å². The van der Waals surface area contributed by atoms with Crippen molar-refractivity contribution in [3.63, 3.8) is 0 Å². The first-order valence-electron chi connectivity index (χ1n) is 7.45. The first kappa shape index (κ1) is 16.8. The fourth-order valence-corrected chi connectivity index (χ4v) is 2.80. The van der Waals surface area contributed by atoms with Crippen LogP contribution in [0, 0.1) is 17.8 Å². The quantitative estimate of drug-likeness (QED) is 0.789. The van der Waals surface area contributed by atoms with Crippen LogP contribution in [0.3, 0.4) is 0 Å². The second-order valence-corrected chi connectivity index (χ2v) is 6.02. The average molecular weight is 285 g/mol. The van der Waals surface area contributed by atoms with Gasteiger partial charge < -0.3 is 14.8 Å². The number of alkyl carbamates (subject to hydrolysis) is 1. The van der Waals surface area contributed by atoms with Crippen molar-refractivity contribution in [3.8, 4) is 0 Å². The molecule has 0 heterocycles. The van der Waals surface area contributed by atoms with Crippen molar-refractivity contribution in [3.05, 3.63) is 0 Å². The van der Waals surface area contributed by atoms with Crippen molar-refractivity contribution >= 4 is 12.1 Å². The van der Waals surface area contributed by atoms with Gasteiger partial charge in [0.2, 0.25) is 0 Å². The number of carbonyl (C=O) groups excluding carboxylic acids is 2. The third-order valence-electron chi connectivity index (χ3n) is 4.05. The smallest absolute Gasteiger partial charge is 0.407 e. The summed E-state index contributed by atoms with van der Waals surface area (Å²) < 4.78 is 10.1. The maximum absolute atomic E-state index is 11.8. The number of hydrogen-bond acceptors (Lipinski definition) is 4. The van der Waals surface area contributed by atoms with Crippen LogP contribution >= 0.6 is 0 Å². The van der Waals surface area contributed by atoms with Crippen LogP contribution < -0.4 is 5.32 Å². The first-order valence-corrected chi connectivity index (χ1v) is 7.45. The monoisotopic (exact) mass is 285 g/mol. The van der Waals surface area contributed by atoms with Gasteiger partial charge in [-0.25, -0.2) is 4.79 Å². The molecule has 0 aromatic carbocycles. The zero-order chi connectivity index (χ0) is 15.1. The van der Waals surface area contributed by atoms with Crippen LogP contribution in [0.15, 0.2) is 0 Å². The fourth-order valence-electron chi connectivity index (χ4n) is 2.80. The van der Waals surface area contributed by atoms with Crippen molar-refractivity contribution in [2.45, 2.75) is 52.6 Å². The largest absolute Gasteiger partial charge is 0.469 e. The van der Waals surface area contributed by atoms with E-state index in [2.05, 4.69) is 30.8 Å². The van der Waals surface area contributed by atoms with Crippen LogP contribution in [0.25, 0.3) is 0 Å². The van der Waals surface area contributed by atoms with Gasteiger partial charge in [0.15, 0.2) is 0 Å². The maximum Gasteiger partial charge on any atom is 0.407 e. The van der Waals surface area contributed by atoms with Gasteiger partial charge in [-0.2, -0.15) is 0 Å². The molecule has 5 heteroatoms. The van der Waals surface area contributed by atoms with Gasteiger partial charge in [-0.3, -0.25) is 4.79 Å². The minimum Gasteiger partial charge on any atom is -0.469 e. The number of amides is 1. The van der Waals surface area contributed by atoms with Crippen LogP contribution in [0.1, 0.15) is 46.5 Å². The van der Waals surface area contributed by atoms with Crippen LogP contribution in [0.2, 0.25) is 0 Å². The van der Waals surface area contributed by atoms with Gasteiger partial charge in [0.1, 0.15) is 6.10 Å². The highest BCUT2D eigenvalue weighted by atomic mass is 16.6. The van der Waals surface area contributed by atoms with Gasteiger partial charge in [0, 0.05) is 6.54 Å². The topological polar surface area (TPSA) is 64.6 Å². The van der Waals surface area contributed by atoms with E-state index >= 15 is 0 Å². The van der Waals surface area contributed by atoms with E-state index in [1.807, 2.05) is 0 Å². The molecule has 0 spiro atoms. The number of carbonyl (C=O) groups is 2. The van der Waals surface area contributed by atoms with Crippen LogP contribution in [0.4, 0.5) is 4.79 Å². The molecule has 3 atom stereocenters. The molecule has 0 saturated heterocycles. The van der Waals surface area contributed by atoms with Crippen molar-refractivity contribution < 1.29 is 19.1 Å². The Bertz CT molecular complexity index is 330. The van der Waals surface area contributed by atoms with Gasteiger partial charge in [0.05, 0.1) is 13.5 Å². The molecule has 1 fully saturated rings. The summed E-state index contributed by atoms with van der Waals surface area (Å²) in [7, 11) is 1.33. The molecule has 1 N–H and O–H groups in total. The Morgan fingerprint density at radius 3 is 2.60 bits per heavy atom. The summed E-state index contributed by atoms with van der Waals surface area (Å²) >= 11 is 0. The third-order valence-corrected chi connectivity index (χ3v) is 4.05. The van der Waals surface area contributed by atoms with Crippen molar-refractivity contribution in [1.82, 2.24) is 5.32 Å². The van der Waals surface area contributed by atoms with E-state index in [1.165, 1.54) is 13.5 Å². The highest BCUT2D eigenvalue weighted by Crippen LogP contribution is 2.35. The van der Waals surface area contributed by atoms with E-state index in [1.54, 1.807) is 0 Å². The van der Waals surface area contributed by atoms with E-state index in [-0.39, 0.29) is 25.0 Å². The van der Waals surface area contributed by atoms with E-state index in [0.29, 0.717) is 17.8 Å². The predicted octanol–water partition coefficient (Wildman–Crippen LogP) is 2.74. The van der Waals surface area contributed by atoms with E-state index in [9.17, 15) is 9.59 Å². The third kappa shape index (κ3) is 5.39. The van der Waals surface area contributed by atoms with Crippen LogP contribution in [0.5, 0.6) is 0 Å². The normalized spacial score (nSPS) is 26.1. The lowest BCUT2D eigenvalue weighted by Gasteiger charge is -2.36. The van der Waals surface area contributed by atoms with Gasteiger partial charge in [-0.15, -0.1) is 0 Å². The molecule has 0 aromatic heterocycles. The molecular formula is C15H27NO4. The van der Waals surface area contributed by atoms with Gasteiger partial charge in [-0.05, 0) is 30.6 Å². The number of methoxy groups -OCH3 is 1. The molecular weight excluding hydrogens is 258 g/mol. The fraction of sp³-hybridized carbons (Fsp3) is 0.867. The maximum atomic E-state index is 11.8. The molecule has 20 heavy (non-hydrogen) atoms. The molecule has 1 unspecified atom stereocenters. The van der Waals surface area contributed by atoms with Gasteiger partial charge >= 0.3 is 12.1 Å². The Hall–Kier alpha value is -1.26. The number of esters is 1. The molecule has 0 bridgehead atoms. The summed E-state index contributed by atoms with van der Waals surface area (Å²) in [6.07, 6.45) is 2.95. The second-order valence-electron chi connectivity index (χ2n) is 6.02. The van der Waals surface area contributed by atoms with Crippen molar-refractivity contribution in [1.29, 1.82) is 0 Å². The Balaban J connectivity index is 2.39. The van der Waals surface area contributed by atoms with Gasteiger partial charge in [0.25, 0.3) is 0 Å². The molecule has 0 radical (unpaired) electrons. The minimum atomic E-state index is -0.432. The second kappa shape index (κ2) is 8.12. The molecule has 1 aliphatic rings. The van der Waals surface area contributed by atoms with Gasteiger partial charge in [-0.1, -0.05) is 27.2 Å². The van der Waals surface area contributed by atoms with Crippen LogP contribution in [-0.4, -0.2) is 31.8 Å². The molecule has 1 aliphatic carbocycles. The molecule has 0 aliphatic heterocycles. The molecule has 1 amide bonds. The number of ether oxygens (including phenoxy) is 2. The number of hydrogen-bond donors (Lipinski definition) is 1. The highest BCUT2D eigenvalue weighted by molar-refractivity contribution is 5.71. The SMILES string of the molecule is COC(=O)CCNC(=O)O[C@@H]1CC(C)CC[C@H]1C(C)C. The standard InChI is InChI=1S/C15H27NO4/c1-10(2)12-6-5-11(3)9-13(12)20-15(18)16-8-7-14(17)19-4/h10-13H,5-9H2,1-4H3,(H,16,18)/t11?,12-,13+/m0/s1. The molecule has 1 rings (SSSR count). The lowest BCUT2D eigenvalue weighted by molar-refractivity contribution is -0.140. The average Bonchev–Trinajstić information content (AvgIpc) is 2.38. The summed E-state index contributed by atoms with van der Waals surface area (Å²) in [6, 6.07) is 0. The zero-order valence-corrected chi connectivity index (χ0v) is 13.0. The van der Waals surface area contributed by atoms with E-state index < -0.39 is 6.09 Å². The molecule has 5 nitrogen and oxygen atoms in total. The highest BCUT2D eigenvalue weighted by Gasteiger charge is 2.33. The zero-order valence-electron chi connectivity index (χ0n) is 13.0. The Morgan fingerprint density at radius 2 is 2.00 bits per heavy atom. The summed E-state index contributed by atoms with van der Waals surface area (Å²) in [5.74, 6) is 1.20. The number of nitrogens with one attached hydrogen (secondary N) is 1. The predicted molar refractivity (Wildman–Crippen MR) is 76.2 cm³/mol. The minimum absolute atomic E-state index is 0.0168. The Labute approximate surface area is 121 Å². The summed E-state index contributed by atoms with van der Waals surface area (Å²) in [5, 5.41) is 2.61. The van der Waals surface area contributed by atoms with Crippen molar-refractivity contribution in [2.24, 2.45) is 17.8 Å².